The summed E-state index contributed by atoms with van der Waals surface area (Å²) in [6.07, 6.45) is 3.34. The average molecular weight is 253 g/mol. The summed E-state index contributed by atoms with van der Waals surface area (Å²) < 4.78 is 4.84. The number of anilines is 1. The molecule has 4 heteroatoms. The lowest BCUT2D eigenvalue weighted by atomic mass is 10.00. The van der Waals surface area contributed by atoms with Crippen molar-refractivity contribution in [2.24, 2.45) is 5.92 Å². The first kappa shape index (κ1) is 12.4. The van der Waals surface area contributed by atoms with Gasteiger partial charge in [-0.05, 0) is 36.7 Å². The van der Waals surface area contributed by atoms with Crippen molar-refractivity contribution in [3.63, 3.8) is 0 Å². The highest BCUT2D eigenvalue weighted by molar-refractivity contribution is 7.16. The molecule has 1 fully saturated rings. The maximum absolute atomic E-state index is 11.8. The van der Waals surface area contributed by atoms with Crippen molar-refractivity contribution in [1.29, 1.82) is 0 Å². The van der Waals surface area contributed by atoms with Crippen molar-refractivity contribution in [3.8, 4) is 0 Å². The minimum absolute atomic E-state index is 0.282. The number of thiophene rings is 1. The zero-order valence-electron chi connectivity index (χ0n) is 10.6. The Kier molecular flexibility index (Phi) is 3.43. The Balaban J connectivity index is 2.43. The molecule has 17 heavy (non-hydrogen) atoms. The molecule has 0 bridgehead atoms. The predicted molar refractivity (Wildman–Crippen MR) is 70.6 cm³/mol. The minimum Gasteiger partial charge on any atom is -0.465 e. The number of hydrogen-bond donors (Lipinski definition) is 1. The van der Waals surface area contributed by atoms with E-state index in [1.807, 2.05) is 0 Å². The Bertz CT molecular complexity index is 433. The van der Waals surface area contributed by atoms with E-state index in [0.29, 0.717) is 22.4 Å². The van der Waals surface area contributed by atoms with Crippen LogP contribution in [0.3, 0.4) is 0 Å². The van der Waals surface area contributed by atoms with Crippen LogP contribution in [0, 0.1) is 5.92 Å². The van der Waals surface area contributed by atoms with Gasteiger partial charge < -0.3 is 10.5 Å². The van der Waals surface area contributed by atoms with Gasteiger partial charge in [0.05, 0.1) is 12.7 Å². The minimum atomic E-state index is -0.282. The van der Waals surface area contributed by atoms with Gasteiger partial charge >= 0.3 is 5.97 Å². The fourth-order valence-electron chi connectivity index (χ4n) is 2.15. The largest absolute Gasteiger partial charge is 0.465 e. The lowest BCUT2D eigenvalue weighted by Crippen LogP contribution is -2.06. The number of esters is 1. The third-order valence-electron chi connectivity index (χ3n) is 3.02. The van der Waals surface area contributed by atoms with Crippen LogP contribution in [0.1, 0.15) is 53.4 Å². The van der Waals surface area contributed by atoms with Gasteiger partial charge in [-0.3, -0.25) is 0 Å². The van der Waals surface area contributed by atoms with Crippen molar-refractivity contribution < 1.29 is 9.53 Å². The van der Waals surface area contributed by atoms with Gasteiger partial charge in [-0.15, -0.1) is 11.3 Å². The molecule has 1 saturated carbocycles. The quantitative estimate of drug-likeness (QED) is 0.838. The smallest absolute Gasteiger partial charge is 0.341 e. The van der Waals surface area contributed by atoms with E-state index in [4.69, 9.17) is 10.5 Å². The van der Waals surface area contributed by atoms with Gasteiger partial charge in [0, 0.05) is 4.88 Å². The second kappa shape index (κ2) is 4.69. The summed E-state index contributed by atoms with van der Waals surface area (Å²) >= 11 is 1.56. The van der Waals surface area contributed by atoms with Gasteiger partial charge in [0.2, 0.25) is 0 Å². The molecular weight excluding hydrogens is 234 g/mol. The number of rotatable bonds is 4. The molecule has 1 aromatic rings. The van der Waals surface area contributed by atoms with Crippen LogP contribution in [0.15, 0.2) is 0 Å². The van der Waals surface area contributed by atoms with Gasteiger partial charge in [0.25, 0.3) is 0 Å². The van der Waals surface area contributed by atoms with Crippen molar-refractivity contribution in [1.82, 2.24) is 0 Å². The number of ether oxygens (including phenoxy) is 1. The molecule has 1 heterocycles. The summed E-state index contributed by atoms with van der Waals surface area (Å²) in [6, 6.07) is 0. The van der Waals surface area contributed by atoms with Gasteiger partial charge in [0.1, 0.15) is 5.00 Å². The van der Waals surface area contributed by atoms with Crippen molar-refractivity contribution in [2.45, 2.75) is 39.0 Å². The first-order valence-electron chi connectivity index (χ1n) is 6.04. The molecule has 0 amide bonds. The number of carbonyl (C=O) groups excluding carboxylic acids is 1. The lowest BCUT2D eigenvalue weighted by Gasteiger charge is -2.07. The molecule has 0 radical (unpaired) electrons. The highest BCUT2D eigenvalue weighted by Crippen LogP contribution is 2.48. The van der Waals surface area contributed by atoms with Crippen molar-refractivity contribution in [3.05, 3.63) is 16.0 Å². The van der Waals surface area contributed by atoms with Crippen LogP contribution in [0.4, 0.5) is 5.00 Å². The molecule has 2 N–H and O–H groups in total. The number of nitrogen functional groups attached to an aromatic ring is 1. The molecule has 1 aliphatic carbocycles. The number of nitrogens with two attached hydrogens (primary N) is 1. The van der Waals surface area contributed by atoms with E-state index in [1.54, 1.807) is 11.3 Å². The molecule has 0 saturated heterocycles. The van der Waals surface area contributed by atoms with Gasteiger partial charge in [-0.1, -0.05) is 13.8 Å². The predicted octanol–water partition coefficient (Wildman–Crippen LogP) is 3.19. The van der Waals surface area contributed by atoms with Gasteiger partial charge in [0.15, 0.2) is 0 Å². The van der Waals surface area contributed by atoms with Crippen molar-refractivity contribution in [2.75, 3.05) is 12.8 Å². The SMILES string of the molecule is COC(=O)c1c(N)sc(CC(C)C)c1C1CC1. The van der Waals surface area contributed by atoms with Gasteiger partial charge in [-0.2, -0.15) is 0 Å². The number of methoxy groups -OCH3 is 1. The van der Waals surface area contributed by atoms with E-state index in [9.17, 15) is 4.79 Å². The summed E-state index contributed by atoms with van der Waals surface area (Å²) in [5.74, 6) is 0.832. The van der Waals surface area contributed by atoms with E-state index >= 15 is 0 Å². The van der Waals surface area contributed by atoms with Crippen LogP contribution < -0.4 is 5.73 Å². The fourth-order valence-corrected chi connectivity index (χ4v) is 3.51. The Morgan fingerprint density at radius 1 is 1.53 bits per heavy atom. The fraction of sp³-hybridized carbons (Fsp3) is 0.615. The summed E-state index contributed by atoms with van der Waals surface area (Å²) in [6.45, 7) is 4.37. The molecule has 0 atom stereocenters. The maximum atomic E-state index is 11.8. The van der Waals surface area contributed by atoms with Crippen molar-refractivity contribution >= 4 is 22.3 Å². The van der Waals surface area contributed by atoms with Crippen LogP contribution in [0.5, 0.6) is 0 Å². The summed E-state index contributed by atoms with van der Waals surface area (Å²) in [5.41, 5.74) is 7.79. The number of hydrogen-bond acceptors (Lipinski definition) is 4. The molecule has 1 aliphatic rings. The Morgan fingerprint density at radius 3 is 2.65 bits per heavy atom. The van der Waals surface area contributed by atoms with E-state index < -0.39 is 0 Å². The second-order valence-electron chi connectivity index (χ2n) is 5.04. The first-order chi connectivity index (χ1) is 8.04. The molecular formula is C13H19NO2S. The summed E-state index contributed by atoms with van der Waals surface area (Å²) in [4.78, 5) is 13.1. The van der Waals surface area contributed by atoms with Crippen LogP contribution in [-0.2, 0) is 11.2 Å². The molecule has 0 unspecified atom stereocenters. The van der Waals surface area contributed by atoms with Crippen LogP contribution in [0.25, 0.3) is 0 Å². The van der Waals surface area contributed by atoms with Crippen LogP contribution in [-0.4, -0.2) is 13.1 Å². The highest BCUT2D eigenvalue weighted by atomic mass is 32.1. The zero-order valence-corrected chi connectivity index (χ0v) is 11.4. The number of carbonyl (C=O) groups is 1. The summed E-state index contributed by atoms with van der Waals surface area (Å²) in [5, 5.41) is 0.620. The molecule has 2 rings (SSSR count). The average Bonchev–Trinajstić information content (AvgIpc) is 3.02. The monoisotopic (exact) mass is 253 g/mol. The Labute approximate surface area is 106 Å². The third kappa shape index (κ3) is 2.46. The molecule has 3 nitrogen and oxygen atoms in total. The molecule has 0 spiro atoms. The Hall–Kier alpha value is -1.03. The summed E-state index contributed by atoms with van der Waals surface area (Å²) in [7, 11) is 1.41. The lowest BCUT2D eigenvalue weighted by molar-refractivity contribution is 0.0601. The maximum Gasteiger partial charge on any atom is 0.341 e. The van der Waals surface area contributed by atoms with E-state index in [0.717, 1.165) is 6.42 Å². The first-order valence-corrected chi connectivity index (χ1v) is 6.85. The third-order valence-corrected chi connectivity index (χ3v) is 4.08. The second-order valence-corrected chi connectivity index (χ2v) is 6.18. The van der Waals surface area contributed by atoms with E-state index in [-0.39, 0.29) is 5.97 Å². The standard InChI is InChI=1S/C13H19NO2S/c1-7(2)6-9-10(8-4-5-8)11(12(14)17-9)13(15)16-3/h7-8H,4-6,14H2,1-3H3. The zero-order chi connectivity index (χ0) is 12.6. The molecule has 1 aromatic heterocycles. The van der Waals surface area contributed by atoms with Crippen LogP contribution >= 0.6 is 11.3 Å². The molecule has 0 aliphatic heterocycles. The molecule has 0 aromatic carbocycles. The highest BCUT2D eigenvalue weighted by Gasteiger charge is 2.34. The molecule has 94 valence electrons. The van der Waals surface area contributed by atoms with Gasteiger partial charge in [-0.25, -0.2) is 4.79 Å². The van der Waals surface area contributed by atoms with E-state index in [2.05, 4.69) is 13.8 Å². The van der Waals surface area contributed by atoms with E-state index in [1.165, 1.54) is 30.4 Å². The van der Waals surface area contributed by atoms with Crippen LogP contribution in [0.2, 0.25) is 0 Å². The topological polar surface area (TPSA) is 52.3 Å². The normalized spacial score (nSPS) is 15.3. The Morgan fingerprint density at radius 2 is 2.18 bits per heavy atom.